The molecule has 0 fully saturated rings. The van der Waals surface area contributed by atoms with Gasteiger partial charge in [-0.3, -0.25) is 14.9 Å². The van der Waals surface area contributed by atoms with E-state index in [1.807, 2.05) is 24.3 Å². The van der Waals surface area contributed by atoms with Gasteiger partial charge in [-0.25, -0.2) is 4.98 Å². The van der Waals surface area contributed by atoms with Crippen LogP contribution in [0.25, 0.3) is 10.2 Å². The highest BCUT2D eigenvalue weighted by Crippen LogP contribution is 2.25. The molecule has 3 rings (SSSR count). The van der Waals surface area contributed by atoms with E-state index in [0.29, 0.717) is 6.54 Å². The first kappa shape index (κ1) is 15.9. The zero-order chi connectivity index (χ0) is 16.9. The number of nitro benzene ring substituents is 1. The van der Waals surface area contributed by atoms with Gasteiger partial charge in [0.15, 0.2) is 12.4 Å². The lowest BCUT2D eigenvalue weighted by atomic mass is 10.3. The van der Waals surface area contributed by atoms with Gasteiger partial charge >= 0.3 is 5.69 Å². The fraction of sp³-hybridized carbons (Fsp3) is 0.125. The Morgan fingerprint density at radius 3 is 2.75 bits per heavy atom. The molecule has 0 unspecified atom stereocenters. The van der Waals surface area contributed by atoms with Crippen molar-refractivity contribution >= 4 is 33.1 Å². The van der Waals surface area contributed by atoms with E-state index in [-0.39, 0.29) is 24.0 Å². The monoisotopic (exact) mass is 343 g/mol. The Morgan fingerprint density at radius 1 is 1.21 bits per heavy atom. The first-order chi connectivity index (χ1) is 11.6. The van der Waals surface area contributed by atoms with Crippen LogP contribution in [-0.4, -0.2) is 22.4 Å². The number of nitrogens with one attached hydrogen (secondary N) is 1. The number of hydrogen-bond acceptors (Lipinski definition) is 6. The van der Waals surface area contributed by atoms with Gasteiger partial charge in [0.05, 0.1) is 21.7 Å². The van der Waals surface area contributed by atoms with Crippen LogP contribution in [-0.2, 0) is 11.3 Å². The molecule has 2 aromatic carbocycles. The van der Waals surface area contributed by atoms with Crippen molar-refractivity contribution in [1.82, 2.24) is 10.3 Å². The van der Waals surface area contributed by atoms with Crippen LogP contribution in [0.4, 0.5) is 5.69 Å². The summed E-state index contributed by atoms with van der Waals surface area (Å²) in [5.74, 6) is -0.301. The summed E-state index contributed by atoms with van der Waals surface area (Å²) in [4.78, 5) is 26.6. The van der Waals surface area contributed by atoms with E-state index in [9.17, 15) is 14.9 Å². The number of benzene rings is 2. The average molecular weight is 343 g/mol. The molecule has 0 spiro atoms. The minimum absolute atomic E-state index is 0.0673. The third-order valence-electron chi connectivity index (χ3n) is 3.20. The molecule has 1 amide bonds. The molecular weight excluding hydrogens is 330 g/mol. The maximum atomic E-state index is 11.9. The van der Waals surface area contributed by atoms with E-state index >= 15 is 0 Å². The van der Waals surface area contributed by atoms with E-state index in [4.69, 9.17) is 4.74 Å². The molecule has 3 aromatic rings. The van der Waals surface area contributed by atoms with E-state index in [1.54, 1.807) is 6.07 Å². The molecule has 0 aliphatic rings. The Morgan fingerprint density at radius 2 is 1.96 bits per heavy atom. The number of amides is 1. The van der Waals surface area contributed by atoms with Crippen molar-refractivity contribution in [3.63, 3.8) is 0 Å². The van der Waals surface area contributed by atoms with Gasteiger partial charge in [0.25, 0.3) is 5.91 Å². The number of aromatic nitrogens is 1. The number of carbonyl (C=O) groups is 1. The molecule has 1 aromatic heterocycles. The van der Waals surface area contributed by atoms with E-state index < -0.39 is 4.92 Å². The normalized spacial score (nSPS) is 10.5. The van der Waals surface area contributed by atoms with Crippen LogP contribution in [0.2, 0.25) is 0 Å². The minimum Gasteiger partial charge on any atom is -0.477 e. The first-order valence-corrected chi connectivity index (χ1v) is 7.92. The third-order valence-corrected chi connectivity index (χ3v) is 4.23. The highest BCUT2D eigenvalue weighted by atomic mass is 32.1. The molecule has 8 heteroatoms. The number of nitrogens with zero attached hydrogens (tertiary/aromatic N) is 2. The van der Waals surface area contributed by atoms with Gasteiger partial charge < -0.3 is 10.1 Å². The van der Waals surface area contributed by atoms with Crippen LogP contribution >= 0.6 is 11.3 Å². The number of thiazole rings is 1. The summed E-state index contributed by atoms with van der Waals surface area (Å²) in [5, 5.41) is 14.4. The molecule has 0 aliphatic carbocycles. The maximum Gasteiger partial charge on any atom is 0.310 e. The van der Waals surface area contributed by atoms with Gasteiger partial charge in [0, 0.05) is 6.07 Å². The van der Waals surface area contributed by atoms with Gasteiger partial charge in [-0.2, -0.15) is 0 Å². The van der Waals surface area contributed by atoms with Crippen molar-refractivity contribution in [1.29, 1.82) is 0 Å². The second kappa shape index (κ2) is 7.05. The zero-order valence-electron chi connectivity index (χ0n) is 12.5. The molecule has 0 radical (unpaired) electrons. The van der Waals surface area contributed by atoms with Crippen LogP contribution in [0, 0.1) is 10.1 Å². The molecule has 1 N–H and O–H groups in total. The van der Waals surface area contributed by atoms with Crippen LogP contribution in [0.5, 0.6) is 5.75 Å². The Balaban J connectivity index is 1.55. The lowest BCUT2D eigenvalue weighted by molar-refractivity contribution is -0.385. The molecule has 0 saturated heterocycles. The minimum atomic E-state index is -0.547. The zero-order valence-corrected chi connectivity index (χ0v) is 13.3. The smallest absolute Gasteiger partial charge is 0.310 e. The molecule has 24 heavy (non-hydrogen) atoms. The van der Waals surface area contributed by atoms with Crippen molar-refractivity contribution in [3.8, 4) is 5.75 Å². The lowest BCUT2D eigenvalue weighted by Gasteiger charge is -2.06. The fourth-order valence-corrected chi connectivity index (χ4v) is 3.00. The van der Waals surface area contributed by atoms with Crippen LogP contribution in [0.15, 0.2) is 48.5 Å². The molecule has 7 nitrogen and oxygen atoms in total. The number of rotatable bonds is 6. The molecule has 0 saturated carbocycles. The summed E-state index contributed by atoms with van der Waals surface area (Å²) >= 11 is 1.50. The van der Waals surface area contributed by atoms with Crippen molar-refractivity contribution in [2.24, 2.45) is 0 Å². The van der Waals surface area contributed by atoms with Crippen molar-refractivity contribution in [3.05, 3.63) is 63.7 Å². The maximum absolute atomic E-state index is 11.9. The Hall–Kier alpha value is -3.00. The molecule has 0 bridgehead atoms. The number of ether oxygens (including phenoxy) is 1. The summed E-state index contributed by atoms with van der Waals surface area (Å²) in [6.45, 7) is -0.00578. The van der Waals surface area contributed by atoms with Crippen molar-refractivity contribution in [2.75, 3.05) is 6.61 Å². The van der Waals surface area contributed by atoms with Gasteiger partial charge in [-0.15, -0.1) is 11.3 Å². The molecule has 122 valence electrons. The lowest BCUT2D eigenvalue weighted by Crippen LogP contribution is -2.28. The number of para-hydroxylation sites is 3. The Kier molecular flexibility index (Phi) is 4.66. The summed E-state index contributed by atoms with van der Waals surface area (Å²) in [5.41, 5.74) is 0.722. The van der Waals surface area contributed by atoms with Crippen molar-refractivity contribution < 1.29 is 14.5 Å². The largest absolute Gasteiger partial charge is 0.477 e. The number of hydrogen-bond donors (Lipinski definition) is 1. The highest BCUT2D eigenvalue weighted by Gasteiger charge is 2.15. The number of fused-ring (bicyclic) bond motifs is 1. The van der Waals surface area contributed by atoms with Gasteiger partial charge in [0.1, 0.15) is 5.01 Å². The van der Waals surface area contributed by atoms with Gasteiger partial charge in [-0.05, 0) is 18.2 Å². The molecule has 1 heterocycles. The SMILES string of the molecule is O=C(COc1ccccc1[N+](=O)[O-])NCc1nc2ccccc2s1. The van der Waals surface area contributed by atoms with E-state index in [0.717, 1.165) is 15.2 Å². The van der Waals surface area contributed by atoms with Gasteiger partial charge in [-0.1, -0.05) is 24.3 Å². The topological polar surface area (TPSA) is 94.4 Å². The standard InChI is InChI=1S/C16H13N3O4S/c20-15(10-23-13-7-3-2-6-12(13)19(21)22)17-9-16-18-11-5-1-4-8-14(11)24-16/h1-8H,9-10H2,(H,17,20). The van der Waals surface area contributed by atoms with E-state index in [2.05, 4.69) is 10.3 Å². The first-order valence-electron chi connectivity index (χ1n) is 7.11. The summed E-state index contributed by atoms with van der Waals surface area (Å²) in [7, 11) is 0. The van der Waals surface area contributed by atoms with Crippen LogP contribution < -0.4 is 10.1 Å². The van der Waals surface area contributed by atoms with Crippen molar-refractivity contribution in [2.45, 2.75) is 6.54 Å². The predicted molar refractivity (Wildman–Crippen MR) is 90.1 cm³/mol. The van der Waals surface area contributed by atoms with Gasteiger partial charge in [0.2, 0.25) is 0 Å². The molecule has 0 atom stereocenters. The summed E-state index contributed by atoms with van der Waals surface area (Å²) < 4.78 is 6.29. The average Bonchev–Trinajstić information content (AvgIpc) is 3.01. The second-order valence-corrected chi connectivity index (χ2v) is 5.98. The van der Waals surface area contributed by atoms with Crippen LogP contribution in [0.3, 0.4) is 0 Å². The summed E-state index contributed by atoms with van der Waals surface area (Å²) in [6, 6.07) is 13.7. The fourth-order valence-electron chi connectivity index (χ4n) is 2.09. The number of nitro groups is 1. The highest BCUT2D eigenvalue weighted by molar-refractivity contribution is 7.18. The summed E-state index contributed by atoms with van der Waals surface area (Å²) in [6.07, 6.45) is 0. The Bertz CT molecular complexity index is 861. The quantitative estimate of drug-likeness (QED) is 0.548. The van der Waals surface area contributed by atoms with Crippen LogP contribution in [0.1, 0.15) is 5.01 Å². The Labute approximate surface area is 141 Å². The third kappa shape index (κ3) is 3.66. The van der Waals surface area contributed by atoms with E-state index in [1.165, 1.54) is 29.5 Å². The number of carbonyl (C=O) groups excluding carboxylic acids is 1. The molecular formula is C16H13N3O4S. The second-order valence-electron chi connectivity index (χ2n) is 4.87. The predicted octanol–water partition coefficient (Wildman–Crippen LogP) is 2.90. The molecule has 0 aliphatic heterocycles.